The van der Waals surface area contributed by atoms with Crippen LogP contribution in [0.1, 0.15) is 61.8 Å². The van der Waals surface area contributed by atoms with E-state index in [0.29, 0.717) is 19.6 Å². The van der Waals surface area contributed by atoms with Crippen molar-refractivity contribution in [3.05, 3.63) is 0 Å². The highest BCUT2D eigenvalue weighted by Gasteiger charge is 2.29. The number of hydrogen-bond acceptors (Lipinski definition) is 5. The minimum Gasteiger partial charge on any atom is -0.394 e. The second-order valence-electron chi connectivity index (χ2n) is 8.25. The summed E-state index contributed by atoms with van der Waals surface area (Å²) in [7, 11) is 0. The molecule has 5 nitrogen and oxygen atoms in total. The molecule has 0 aromatic heterocycles. The fraction of sp³-hybridized carbons (Fsp3) is 1.00. The van der Waals surface area contributed by atoms with Crippen LogP contribution in [0.3, 0.4) is 0 Å². The fourth-order valence-corrected chi connectivity index (χ4v) is 2.15. The smallest absolute Gasteiger partial charge is 0.0885 e. The molecule has 23 heavy (non-hydrogen) atoms. The molecule has 0 rings (SSSR count). The molecule has 0 aliphatic rings. The van der Waals surface area contributed by atoms with Gasteiger partial charge in [0.05, 0.1) is 49.8 Å². The summed E-state index contributed by atoms with van der Waals surface area (Å²) < 4.78 is 17.3. The zero-order valence-corrected chi connectivity index (χ0v) is 16.3. The van der Waals surface area contributed by atoms with Crippen molar-refractivity contribution < 1.29 is 24.4 Å². The molecule has 0 bridgehead atoms. The van der Waals surface area contributed by atoms with E-state index in [9.17, 15) is 5.11 Å². The van der Waals surface area contributed by atoms with Gasteiger partial charge < -0.3 is 24.4 Å². The monoisotopic (exact) mass is 334 g/mol. The predicted octanol–water partition coefficient (Wildman–Crippen LogP) is 2.77. The first kappa shape index (κ1) is 22.8. The number of aliphatic hydroxyl groups excluding tert-OH is 2. The van der Waals surface area contributed by atoms with Gasteiger partial charge in [-0.15, -0.1) is 0 Å². The highest BCUT2D eigenvalue weighted by molar-refractivity contribution is 4.78. The van der Waals surface area contributed by atoms with E-state index in [-0.39, 0.29) is 30.3 Å². The largest absolute Gasteiger partial charge is 0.394 e. The molecular weight excluding hydrogens is 296 g/mol. The fourth-order valence-electron chi connectivity index (χ4n) is 2.15. The zero-order chi connectivity index (χ0) is 18.3. The van der Waals surface area contributed by atoms with Crippen molar-refractivity contribution in [2.75, 3.05) is 19.8 Å². The summed E-state index contributed by atoms with van der Waals surface area (Å²) in [6, 6.07) is 0. The summed E-state index contributed by atoms with van der Waals surface area (Å²) in [5, 5.41) is 19.0. The minimum atomic E-state index is -0.485. The van der Waals surface area contributed by atoms with Gasteiger partial charge in [0.15, 0.2) is 0 Å². The van der Waals surface area contributed by atoms with Gasteiger partial charge in [-0.1, -0.05) is 20.8 Å². The van der Waals surface area contributed by atoms with E-state index >= 15 is 0 Å². The second-order valence-corrected chi connectivity index (χ2v) is 8.25. The Bertz CT molecular complexity index is 311. The molecular formula is C18H38O5. The van der Waals surface area contributed by atoms with E-state index in [1.165, 1.54) is 0 Å². The average molecular weight is 334 g/mol. The Morgan fingerprint density at radius 1 is 0.913 bits per heavy atom. The van der Waals surface area contributed by atoms with Gasteiger partial charge in [-0.25, -0.2) is 0 Å². The molecule has 0 fully saturated rings. The average Bonchev–Trinajstić information content (AvgIpc) is 2.40. The number of hydrogen-bond donors (Lipinski definition) is 2. The topological polar surface area (TPSA) is 68.2 Å². The molecule has 0 saturated carbocycles. The summed E-state index contributed by atoms with van der Waals surface area (Å²) >= 11 is 0. The molecule has 0 heterocycles. The number of rotatable bonds is 11. The van der Waals surface area contributed by atoms with Crippen molar-refractivity contribution in [3.8, 4) is 0 Å². The molecule has 0 radical (unpaired) electrons. The molecule has 4 atom stereocenters. The number of ether oxygens (including phenoxy) is 3. The van der Waals surface area contributed by atoms with Crippen LogP contribution in [-0.2, 0) is 14.2 Å². The van der Waals surface area contributed by atoms with Crippen molar-refractivity contribution in [1.82, 2.24) is 0 Å². The highest BCUT2D eigenvalue weighted by atomic mass is 16.6. The molecule has 0 aliphatic heterocycles. The molecule has 5 heteroatoms. The quantitative estimate of drug-likeness (QED) is 0.608. The standard InChI is InChI=1S/C18H38O5/c1-13(10-19)23-14(2)11-22-18(7,8)15(3)21-12-16(20)9-17(4,5)6/h13-16,19-20H,9-12H2,1-8H3. The van der Waals surface area contributed by atoms with Crippen LogP contribution in [0.15, 0.2) is 0 Å². The maximum atomic E-state index is 10.0. The van der Waals surface area contributed by atoms with Crippen LogP contribution in [0.25, 0.3) is 0 Å². The second kappa shape index (κ2) is 9.94. The van der Waals surface area contributed by atoms with E-state index in [2.05, 4.69) is 20.8 Å². The normalized spacial score (nSPS) is 18.5. The van der Waals surface area contributed by atoms with Gasteiger partial charge in [0.2, 0.25) is 0 Å². The van der Waals surface area contributed by atoms with Gasteiger partial charge >= 0.3 is 0 Å². The van der Waals surface area contributed by atoms with Crippen LogP contribution in [0.2, 0.25) is 0 Å². The molecule has 0 aliphatic carbocycles. The minimum absolute atomic E-state index is 0.00108. The molecule has 0 aromatic carbocycles. The van der Waals surface area contributed by atoms with Crippen LogP contribution in [0.4, 0.5) is 0 Å². The SMILES string of the molecule is CC(CO)OC(C)COC(C)(C)C(C)OCC(O)CC(C)(C)C. The Labute approximate surface area is 142 Å². The lowest BCUT2D eigenvalue weighted by atomic mass is 9.89. The summed E-state index contributed by atoms with van der Waals surface area (Å²) in [6.45, 7) is 16.7. The van der Waals surface area contributed by atoms with Gasteiger partial charge in [-0.2, -0.15) is 0 Å². The third-order valence-corrected chi connectivity index (χ3v) is 3.78. The molecule has 2 N–H and O–H groups in total. The summed E-state index contributed by atoms with van der Waals surface area (Å²) in [5.74, 6) is 0. The Morgan fingerprint density at radius 2 is 1.48 bits per heavy atom. The molecule has 0 aromatic rings. The Morgan fingerprint density at radius 3 is 1.96 bits per heavy atom. The van der Waals surface area contributed by atoms with Crippen molar-refractivity contribution in [2.45, 2.75) is 91.8 Å². The lowest BCUT2D eigenvalue weighted by Gasteiger charge is -2.34. The van der Waals surface area contributed by atoms with Crippen molar-refractivity contribution in [3.63, 3.8) is 0 Å². The van der Waals surface area contributed by atoms with Gasteiger partial charge in [0.1, 0.15) is 0 Å². The summed E-state index contributed by atoms with van der Waals surface area (Å²) in [4.78, 5) is 0. The van der Waals surface area contributed by atoms with E-state index in [1.807, 2.05) is 34.6 Å². The van der Waals surface area contributed by atoms with Gasteiger partial charge in [-0.05, 0) is 46.5 Å². The van der Waals surface area contributed by atoms with Crippen LogP contribution in [-0.4, -0.2) is 60.1 Å². The third kappa shape index (κ3) is 11.1. The maximum Gasteiger partial charge on any atom is 0.0885 e. The molecule has 4 unspecified atom stereocenters. The first-order valence-corrected chi connectivity index (χ1v) is 8.57. The van der Waals surface area contributed by atoms with Crippen LogP contribution >= 0.6 is 0 Å². The Kier molecular flexibility index (Phi) is 9.86. The van der Waals surface area contributed by atoms with Crippen molar-refractivity contribution >= 4 is 0 Å². The Balaban J connectivity index is 4.20. The highest BCUT2D eigenvalue weighted by Crippen LogP contribution is 2.23. The summed E-state index contributed by atoms with van der Waals surface area (Å²) in [6.07, 6.45) is -0.223. The van der Waals surface area contributed by atoms with Crippen LogP contribution in [0, 0.1) is 5.41 Å². The first-order chi connectivity index (χ1) is 10.4. The zero-order valence-electron chi connectivity index (χ0n) is 16.3. The van der Waals surface area contributed by atoms with Crippen LogP contribution < -0.4 is 0 Å². The summed E-state index contributed by atoms with van der Waals surface area (Å²) in [5.41, 5.74) is -0.407. The lowest BCUT2D eigenvalue weighted by Crippen LogP contribution is -2.42. The van der Waals surface area contributed by atoms with Crippen molar-refractivity contribution in [1.29, 1.82) is 0 Å². The predicted molar refractivity (Wildman–Crippen MR) is 92.6 cm³/mol. The molecule has 140 valence electrons. The van der Waals surface area contributed by atoms with Crippen molar-refractivity contribution in [2.24, 2.45) is 5.41 Å². The van der Waals surface area contributed by atoms with Gasteiger partial charge in [0.25, 0.3) is 0 Å². The molecule has 0 spiro atoms. The lowest BCUT2D eigenvalue weighted by molar-refractivity contribution is -0.156. The molecule has 0 amide bonds. The van der Waals surface area contributed by atoms with Gasteiger partial charge in [-0.3, -0.25) is 0 Å². The number of aliphatic hydroxyl groups is 2. The molecule has 0 saturated heterocycles. The van der Waals surface area contributed by atoms with E-state index in [4.69, 9.17) is 19.3 Å². The maximum absolute atomic E-state index is 10.0. The van der Waals surface area contributed by atoms with E-state index in [1.54, 1.807) is 0 Å². The third-order valence-electron chi connectivity index (χ3n) is 3.78. The first-order valence-electron chi connectivity index (χ1n) is 8.57. The van der Waals surface area contributed by atoms with Gasteiger partial charge in [0, 0.05) is 0 Å². The Hall–Kier alpha value is -0.200. The van der Waals surface area contributed by atoms with Crippen LogP contribution in [0.5, 0.6) is 0 Å². The van der Waals surface area contributed by atoms with E-state index in [0.717, 1.165) is 0 Å². The van der Waals surface area contributed by atoms with E-state index < -0.39 is 11.7 Å².